The molecule has 0 fully saturated rings. The van der Waals surface area contributed by atoms with Gasteiger partial charge in [0.2, 0.25) is 0 Å². The number of rotatable bonds is 4. The van der Waals surface area contributed by atoms with Crippen molar-refractivity contribution in [3.05, 3.63) is 58.7 Å². The molecule has 0 radical (unpaired) electrons. The number of alkyl halides is 1. The number of benzene rings is 1. The maximum Gasteiger partial charge on any atom is 0.179 e. The Labute approximate surface area is 123 Å². The molecule has 0 aliphatic carbocycles. The van der Waals surface area contributed by atoms with Gasteiger partial charge in [0.05, 0.1) is 11.9 Å². The van der Waals surface area contributed by atoms with Crippen LogP contribution in [0.4, 0.5) is 4.39 Å². The van der Waals surface area contributed by atoms with Gasteiger partial charge in [0, 0.05) is 17.0 Å². The van der Waals surface area contributed by atoms with Crippen molar-refractivity contribution in [3.8, 4) is 0 Å². The Morgan fingerprint density at radius 3 is 2.65 bits per heavy atom. The quantitative estimate of drug-likeness (QED) is 0.609. The summed E-state index contributed by atoms with van der Waals surface area (Å²) in [5.41, 5.74) is 3.34. The van der Waals surface area contributed by atoms with Crippen LogP contribution < -0.4 is 0 Å². The van der Waals surface area contributed by atoms with E-state index in [-0.39, 0.29) is 23.5 Å². The summed E-state index contributed by atoms with van der Waals surface area (Å²) in [7, 11) is 0. The average Bonchev–Trinajstić information content (AvgIpc) is 2.72. The van der Waals surface area contributed by atoms with Crippen LogP contribution in [0.2, 0.25) is 0 Å². The first kappa shape index (κ1) is 14.8. The van der Waals surface area contributed by atoms with Gasteiger partial charge in [-0.15, -0.1) is 11.6 Å². The molecule has 1 heterocycles. The third-order valence-electron chi connectivity index (χ3n) is 3.62. The molecular weight excluding hydrogens is 277 g/mol. The van der Waals surface area contributed by atoms with Crippen molar-refractivity contribution in [1.82, 2.24) is 4.57 Å². The fraction of sp³-hybridized carbons (Fsp3) is 0.312. The largest absolute Gasteiger partial charge is 0.341 e. The van der Waals surface area contributed by atoms with Crippen LogP contribution in [-0.2, 0) is 0 Å². The molecule has 0 amide bonds. The number of aromatic nitrogens is 1. The summed E-state index contributed by atoms with van der Waals surface area (Å²) in [6, 6.07) is 8.33. The van der Waals surface area contributed by atoms with Crippen LogP contribution in [0, 0.1) is 19.7 Å². The van der Waals surface area contributed by atoms with Crippen molar-refractivity contribution in [2.45, 2.75) is 26.8 Å². The van der Waals surface area contributed by atoms with Crippen LogP contribution >= 0.6 is 11.6 Å². The molecule has 2 rings (SSSR count). The standard InChI is InChI=1S/C16H17ClFNO/c1-10-7-15(16(20)9-17)12(3)19(10)11(2)13-5-4-6-14(18)8-13/h4-8,11H,9H2,1-3H3. The molecule has 1 unspecified atom stereocenters. The van der Waals surface area contributed by atoms with Gasteiger partial charge in [-0.25, -0.2) is 4.39 Å². The van der Waals surface area contributed by atoms with Crippen LogP contribution in [0.3, 0.4) is 0 Å². The van der Waals surface area contributed by atoms with E-state index in [0.717, 1.165) is 17.0 Å². The number of hydrogen-bond donors (Lipinski definition) is 0. The summed E-state index contributed by atoms with van der Waals surface area (Å²) in [5, 5.41) is 0. The van der Waals surface area contributed by atoms with E-state index in [4.69, 9.17) is 11.6 Å². The predicted molar refractivity (Wildman–Crippen MR) is 79.2 cm³/mol. The second-order valence-electron chi connectivity index (χ2n) is 4.94. The molecule has 0 saturated carbocycles. The van der Waals surface area contributed by atoms with Gasteiger partial charge in [0.15, 0.2) is 5.78 Å². The van der Waals surface area contributed by atoms with Crippen LogP contribution in [0.5, 0.6) is 0 Å². The number of hydrogen-bond acceptors (Lipinski definition) is 1. The molecule has 0 spiro atoms. The van der Waals surface area contributed by atoms with Crippen LogP contribution in [-0.4, -0.2) is 16.2 Å². The highest BCUT2D eigenvalue weighted by atomic mass is 35.5. The third kappa shape index (κ3) is 2.63. The molecule has 20 heavy (non-hydrogen) atoms. The maximum absolute atomic E-state index is 13.4. The Hall–Kier alpha value is -1.61. The Balaban J connectivity index is 2.47. The summed E-state index contributed by atoms with van der Waals surface area (Å²) in [5.74, 6) is -0.370. The highest BCUT2D eigenvalue weighted by Gasteiger charge is 2.19. The van der Waals surface area contributed by atoms with E-state index in [1.165, 1.54) is 12.1 Å². The molecule has 0 saturated heterocycles. The molecule has 2 nitrogen and oxygen atoms in total. The van der Waals surface area contributed by atoms with Crippen molar-refractivity contribution in [2.24, 2.45) is 0 Å². The Morgan fingerprint density at radius 2 is 2.05 bits per heavy atom. The van der Waals surface area contributed by atoms with Crippen molar-refractivity contribution < 1.29 is 9.18 Å². The van der Waals surface area contributed by atoms with Crippen molar-refractivity contribution in [1.29, 1.82) is 0 Å². The topological polar surface area (TPSA) is 22.0 Å². The van der Waals surface area contributed by atoms with Gasteiger partial charge < -0.3 is 4.57 Å². The van der Waals surface area contributed by atoms with Crippen LogP contribution in [0.25, 0.3) is 0 Å². The lowest BCUT2D eigenvalue weighted by atomic mass is 10.1. The van der Waals surface area contributed by atoms with Gasteiger partial charge in [-0.1, -0.05) is 12.1 Å². The van der Waals surface area contributed by atoms with Gasteiger partial charge >= 0.3 is 0 Å². The van der Waals surface area contributed by atoms with E-state index >= 15 is 0 Å². The minimum absolute atomic E-state index is 0.0291. The first-order valence-electron chi connectivity index (χ1n) is 6.48. The molecule has 4 heteroatoms. The molecular formula is C16H17ClFNO. The SMILES string of the molecule is Cc1cc(C(=O)CCl)c(C)n1C(C)c1cccc(F)c1. The van der Waals surface area contributed by atoms with Gasteiger partial charge in [-0.3, -0.25) is 4.79 Å². The number of carbonyl (C=O) groups is 1. The minimum Gasteiger partial charge on any atom is -0.341 e. The van der Waals surface area contributed by atoms with Gasteiger partial charge in [0.1, 0.15) is 5.82 Å². The summed E-state index contributed by atoms with van der Waals surface area (Å²) in [4.78, 5) is 11.8. The second kappa shape index (κ2) is 5.80. The molecule has 1 aromatic heterocycles. The maximum atomic E-state index is 13.4. The van der Waals surface area contributed by atoms with Crippen LogP contribution in [0.1, 0.15) is 40.3 Å². The van der Waals surface area contributed by atoms with E-state index in [0.29, 0.717) is 5.56 Å². The van der Waals surface area contributed by atoms with Crippen molar-refractivity contribution in [2.75, 3.05) is 5.88 Å². The van der Waals surface area contributed by atoms with Gasteiger partial charge in [-0.2, -0.15) is 0 Å². The highest BCUT2D eigenvalue weighted by Crippen LogP contribution is 2.26. The number of nitrogens with zero attached hydrogens (tertiary/aromatic N) is 1. The molecule has 2 aromatic rings. The van der Waals surface area contributed by atoms with Crippen LogP contribution in [0.15, 0.2) is 30.3 Å². The molecule has 0 bridgehead atoms. The third-order valence-corrected chi connectivity index (χ3v) is 3.87. The number of aryl methyl sites for hydroxylation is 1. The lowest BCUT2D eigenvalue weighted by Crippen LogP contribution is -2.11. The van der Waals surface area contributed by atoms with E-state index < -0.39 is 0 Å². The Morgan fingerprint density at radius 1 is 1.35 bits per heavy atom. The van der Waals surface area contributed by atoms with E-state index in [9.17, 15) is 9.18 Å². The smallest absolute Gasteiger partial charge is 0.179 e. The Bertz CT molecular complexity index is 648. The van der Waals surface area contributed by atoms with E-state index in [1.54, 1.807) is 6.07 Å². The molecule has 0 aliphatic rings. The first-order chi connectivity index (χ1) is 9.45. The fourth-order valence-electron chi connectivity index (χ4n) is 2.64. The minimum atomic E-state index is -0.256. The molecule has 1 aromatic carbocycles. The number of ketones is 1. The van der Waals surface area contributed by atoms with Crippen molar-refractivity contribution in [3.63, 3.8) is 0 Å². The molecule has 0 N–H and O–H groups in total. The summed E-state index contributed by atoms with van der Waals surface area (Å²) >= 11 is 5.63. The predicted octanol–water partition coefficient (Wildman–Crippen LogP) is 4.27. The highest BCUT2D eigenvalue weighted by molar-refractivity contribution is 6.30. The van der Waals surface area contributed by atoms with E-state index in [1.807, 2.05) is 37.5 Å². The number of carbonyl (C=O) groups excluding carboxylic acids is 1. The average molecular weight is 294 g/mol. The number of Topliss-reactive ketones (excluding diaryl/α,β-unsaturated/α-hetero) is 1. The molecule has 0 aliphatic heterocycles. The molecule has 1 atom stereocenters. The zero-order valence-corrected chi connectivity index (χ0v) is 12.5. The summed E-state index contributed by atoms with van der Waals surface area (Å²) < 4.78 is 15.4. The lowest BCUT2D eigenvalue weighted by molar-refractivity contribution is 0.102. The fourth-order valence-corrected chi connectivity index (χ4v) is 2.79. The number of halogens is 2. The monoisotopic (exact) mass is 293 g/mol. The Kier molecular flexibility index (Phi) is 4.29. The van der Waals surface area contributed by atoms with Gasteiger partial charge in [-0.05, 0) is 44.5 Å². The zero-order valence-electron chi connectivity index (χ0n) is 11.8. The molecule has 106 valence electrons. The van der Waals surface area contributed by atoms with Gasteiger partial charge in [0.25, 0.3) is 0 Å². The van der Waals surface area contributed by atoms with Crippen molar-refractivity contribution >= 4 is 17.4 Å². The summed E-state index contributed by atoms with van der Waals surface area (Å²) in [6.07, 6.45) is 0. The first-order valence-corrected chi connectivity index (χ1v) is 7.02. The van der Waals surface area contributed by atoms with E-state index in [2.05, 4.69) is 0 Å². The zero-order chi connectivity index (χ0) is 14.9. The second-order valence-corrected chi connectivity index (χ2v) is 5.21. The normalized spacial score (nSPS) is 12.4. The lowest BCUT2D eigenvalue weighted by Gasteiger charge is -2.19. The summed E-state index contributed by atoms with van der Waals surface area (Å²) in [6.45, 7) is 5.82.